The molecule has 0 saturated heterocycles. The van der Waals surface area contributed by atoms with Gasteiger partial charge in [-0.3, -0.25) is 9.78 Å². The Kier molecular flexibility index (Phi) is 7.53. The molecular weight excluding hydrogens is 468 g/mol. The van der Waals surface area contributed by atoms with E-state index in [-0.39, 0.29) is 47.9 Å². The van der Waals surface area contributed by atoms with Crippen LogP contribution in [0.15, 0.2) is 47.8 Å². The number of likely N-dealkylation sites (N-methyl/N-ethyl adjacent to an activating group) is 1. The number of aromatic nitrogens is 2. The van der Waals surface area contributed by atoms with Crippen LogP contribution in [-0.4, -0.2) is 77.5 Å². The molecule has 0 bridgehead atoms. The van der Waals surface area contributed by atoms with E-state index in [2.05, 4.69) is 16.0 Å². The van der Waals surface area contributed by atoms with Crippen molar-refractivity contribution in [3.8, 4) is 5.75 Å². The Morgan fingerprint density at radius 1 is 1.34 bits per heavy atom. The minimum atomic E-state index is -3.91. The first-order valence-electron chi connectivity index (χ1n) is 11.9. The number of aliphatic hydroxyl groups excluding tert-OH is 1. The van der Waals surface area contributed by atoms with Crippen molar-refractivity contribution in [3.05, 3.63) is 54.1 Å². The van der Waals surface area contributed by atoms with Crippen LogP contribution in [-0.2, 0) is 10.0 Å². The number of carbonyl (C=O) groups excluding carboxylic acids is 1. The van der Waals surface area contributed by atoms with Gasteiger partial charge >= 0.3 is 0 Å². The van der Waals surface area contributed by atoms with Crippen LogP contribution in [0.3, 0.4) is 0 Å². The average molecular weight is 501 g/mol. The summed E-state index contributed by atoms with van der Waals surface area (Å²) in [7, 11) is -2.24. The van der Waals surface area contributed by atoms with Crippen molar-refractivity contribution in [2.45, 2.75) is 50.2 Å². The zero-order chi connectivity index (χ0) is 25.2. The number of ether oxygens (including phenoxy) is 1. The van der Waals surface area contributed by atoms with Crippen molar-refractivity contribution in [1.29, 1.82) is 0 Å². The Morgan fingerprint density at radius 2 is 2.14 bits per heavy atom. The summed E-state index contributed by atoms with van der Waals surface area (Å²) >= 11 is 0. The number of sulfonamides is 1. The predicted molar refractivity (Wildman–Crippen MR) is 131 cm³/mol. The molecule has 1 aromatic heterocycles. The molecular formula is C25H32N4O5S. The van der Waals surface area contributed by atoms with Crippen LogP contribution in [0.2, 0.25) is 0 Å². The van der Waals surface area contributed by atoms with Crippen LogP contribution >= 0.6 is 0 Å². The quantitative estimate of drug-likeness (QED) is 0.649. The molecule has 3 atom stereocenters. The van der Waals surface area contributed by atoms with E-state index in [0.717, 1.165) is 24.8 Å². The first-order valence-corrected chi connectivity index (χ1v) is 13.3. The Morgan fingerprint density at radius 3 is 2.80 bits per heavy atom. The number of carbonyl (C=O) groups is 1. The minimum Gasteiger partial charge on any atom is -0.487 e. The van der Waals surface area contributed by atoms with Crippen molar-refractivity contribution in [2.75, 3.05) is 26.7 Å². The third kappa shape index (κ3) is 5.24. The molecule has 0 radical (unpaired) electrons. The van der Waals surface area contributed by atoms with Crippen molar-refractivity contribution in [3.63, 3.8) is 0 Å². The van der Waals surface area contributed by atoms with E-state index in [1.807, 2.05) is 13.0 Å². The SMILES string of the molecule is C[C@@H]1CN([C@H](C)CO)S(=O)(=O)c2ccc(C3=CCCC3)cc2O[C@@H]1CN(C)C(=O)c1cnccn1. The van der Waals surface area contributed by atoms with Crippen molar-refractivity contribution < 1.29 is 23.1 Å². The van der Waals surface area contributed by atoms with Crippen LogP contribution in [0.5, 0.6) is 5.75 Å². The lowest BCUT2D eigenvalue weighted by Gasteiger charge is -2.37. The maximum absolute atomic E-state index is 13.6. The van der Waals surface area contributed by atoms with Gasteiger partial charge in [0.05, 0.1) is 19.3 Å². The van der Waals surface area contributed by atoms with Gasteiger partial charge in [0.1, 0.15) is 22.4 Å². The summed E-state index contributed by atoms with van der Waals surface area (Å²) in [6, 6.07) is 4.60. The first kappa shape index (κ1) is 25.3. The zero-order valence-electron chi connectivity index (χ0n) is 20.3. The highest BCUT2D eigenvalue weighted by atomic mass is 32.2. The number of nitrogens with zero attached hydrogens (tertiary/aromatic N) is 4. The highest BCUT2D eigenvalue weighted by molar-refractivity contribution is 7.89. The molecule has 2 aliphatic rings. The topological polar surface area (TPSA) is 113 Å². The summed E-state index contributed by atoms with van der Waals surface area (Å²) in [6.45, 7) is 3.65. The number of hydrogen-bond acceptors (Lipinski definition) is 7. The molecule has 35 heavy (non-hydrogen) atoms. The van der Waals surface area contributed by atoms with Gasteiger partial charge in [-0.2, -0.15) is 4.31 Å². The molecule has 2 heterocycles. The first-order chi connectivity index (χ1) is 16.7. The lowest BCUT2D eigenvalue weighted by molar-refractivity contribution is 0.0559. The van der Waals surface area contributed by atoms with E-state index < -0.39 is 22.2 Å². The highest BCUT2D eigenvalue weighted by Crippen LogP contribution is 2.37. The van der Waals surface area contributed by atoms with Gasteiger partial charge in [0.2, 0.25) is 10.0 Å². The summed E-state index contributed by atoms with van der Waals surface area (Å²) in [6.07, 6.45) is 9.07. The van der Waals surface area contributed by atoms with E-state index in [9.17, 15) is 18.3 Å². The van der Waals surface area contributed by atoms with E-state index >= 15 is 0 Å². The molecule has 0 saturated carbocycles. The number of benzene rings is 1. The molecule has 1 amide bonds. The van der Waals surface area contributed by atoms with Crippen molar-refractivity contribution in [2.24, 2.45) is 5.92 Å². The zero-order valence-corrected chi connectivity index (χ0v) is 21.1. The third-order valence-corrected chi connectivity index (χ3v) is 8.68. The number of hydrogen-bond donors (Lipinski definition) is 1. The van der Waals surface area contributed by atoms with Crippen LogP contribution in [0.25, 0.3) is 5.57 Å². The summed E-state index contributed by atoms with van der Waals surface area (Å²) in [4.78, 5) is 22.5. The second-order valence-corrected chi connectivity index (χ2v) is 11.2. The minimum absolute atomic E-state index is 0.0694. The van der Waals surface area contributed by atoms with Gasteiger partial charge in [0.25, 0.3) is 5.91 Å². The summed E-state index contributed by atoms with van der Waals surface area (Å²) in [5.41, 5.74) is 2.34. The number of fused-ring (bicyclic) bond motifs is 1. The van der Waals surface area contributed by atoms with Gasteiger partial charge in [-0.05, 0) is 49.5 Å². The number of rotatable bonds is 6. The van der Waals surface area contributed by atoms with Crippen LogP contribution in [0.1, 0.15) is 49.2 Å². The second kappa shape index (κ2) is 10.4. The lowest BCUT2D eigenvalue weighted by atomic mass is 10.0. The average Bonchev–Trinajstić information content (AvgIpc) is 3.40. The summed E-state index contributed by atoms with van der Waals surface area (Å²) in [5.74, 6) is -0.296. The fourth-order valence-electron chi connectivity index (χ4n) is 4.53. The molecule has 9 nitrogen and oxygen atoms in total. The molecule has 1 N–H and O–H groups in total. The second-order valence-electron chi connectivity index (χ2n) is 9.30. The number of amides is 1. The third-order valence-electron chi connectivity index (χ3n) is 6.66. The monoisotopic (exact) mass is 500 g/mol. The van der Waals surface area contributed by atoms with Gasteiger partial charge in [-0.25, -0.2) is 13.4 Å². The summed E-state index contributed by atoms with van der Waals surface area (Å²) in [5, 5.41) is 9.80. The Bertz CT molecular complexity index is 1200. The fourth-order valence-corrected chi connectivity index (χ4v) is 6.36. The van der Waals surface area contributed by atoms with Gasteiger partial charge in [-0.15, -0.1) is 0 Å². The normalized spacial score (nSPS) is 22.8. The van der Waals surface area contributed by atoms with Gasteiger partial charge < -0.3 is 14.7 Å². The van der Waals surface area contributed by atoms with E-state index in [1.54, 1.807) is 26.1 Å². The summed E-state index contributed by atoms with van der Waals surface area (Å²) < 4.78 is 35.0. The van der Waals surface area contributed by atoms with Crippen LogP contribution in [0, 0.1) is 5.92 Å². The molecule has 188 valence electrons. The van der Waals surface area contributed by atoms with Crippen LogP contribution in [0.4, 0.5) is 0 Å². The number of allylic oxidation sites excluding steroid dienone is 2. The molecule has 4 rings (SSSR count). The molecule has 0 spiro atoms. The Hall–Kier alpha value is -2.82. The van der Waals surface area contributed by atoms with E-state index in [1.165, 1.54) is 33.4 Å². The molecule has 0 unspecified atom stereocenters. The molecule has 10 heteroatoms. The molecule has 2 aromatic rings. The molecule has 1 aliphatic carbocycles. The molecule has 1 aliphatic heterocycles. The van der Waals surface area contributed by atoms with Crippen molar-refractivity contribution >= 4 is 21.5 Å². The smallest absolute Gasteiger partial charge is 0.273 e. The van der Waals surface area contributed by atoms with Crippen molar-refractivity contribution in [1.82, 2.24) is 19.2 Å². The Labute approximate surface area is 206 Å². The van der Waals surface area contributed by atoms with Gasteiger partial charge in [0.15, 0.2) is 0 Å². The van der Waals surface area contributed by atoms with Gasteiger partial charge in [0, 0.05) is 37.9 Å². The standard InChI is InChI=1S/C25H32N4O5S/c1-17-14-29(18(2)16-30)35(32,33)24-9-8-20(19-6-4-5-7-19)12-22(24)34-23(17)15-28(3)25(31)21-13-26-10-11-27-21/h6,8-13,17-18,23,30H,4-5,7,14-16H2,1-3H3/t17-,18-,23-/m1/s1. The lowest BCUT2D eigenvalue weighted by Crippen LogP contribution is -2.50. The van der Waals surface area contributed by atoms with E-state index in [0.29, 0.717) is 0 Å². The van der Waals surface area contributed by atoms with Crippen LogP contribution < -0.4 is 4.74 Å². The Balaban J connectivity index is 1.72. The molecule has 1 aromatic carbocycles. The number of aliphatic hydroxyl groups is 1. The highest BCUT2D eigenvalue weighted by Gasteiger charge is 2.38. The van der Waals surface area contributed by atoms with E-state index in [4.69, 9.17) is 4.74 Å². The maximum atomic E-state index is 13.6. The predicted octanol–water partition coefficient (Wildman–Crippen LogP) is 2.58. The largest absolute Gasteiger partial charge is 0.487 e. The fraction of sp³-hybridized carbons (Fsp3) is 0.480. The molecule has 0 fully saturated rings. The maximum Gasteiger partial charge on any atom is 0.273 e. The van der Waals surface area contributed by atoms with Gasteiger partial charge in [-0.1, -0.05) is 19.1 Å².